The maximum atomic E-state index is 11.1. The van der Waals surface area contributed by atoms with Gasteiger partial charge in [0.15, 0.2) is 6.10 Å². The Morgan fingerprint density at radius 3 is 1.96 bits per heavy atom. The Labute approximate surface area is 154 Å². The molecule has 1 aliphatic rings. The molecule has 7 nitrogen and oxygen atoms in total. The first-order valence-electron chi connectivity index (χ1n) is 7.82. The highest BCUT2D eigenvalue weighted by Gasteiger charge is 2.48. The van der Waals surface area contributed by atoms with Crippen molar-refractivity contribution in [1.29, 1.82) is 0 Å². The summed E-state index contributed by atoms with van der Waals surface area (Å²) in [4.78, 5) is 11.1. The van der Waals surface area contributed by atoms with Crippen molar-refractivity contribution >= 4 is 17.6 Å². The number of hydrogen-bond acceptors (Lipinski definition) is 6. The first kappa shape index (κ1) is 18.6. The highest BCUT2D eigenvalue weighted by molar-refractivity contribution is 6.30. The summed E-state index contributed by atoms with van der Waals surface area (Å²) in [5.74, 6) is -1.16. The van der Waals surface area contributed by atoms with E-state index in [4.69, 9.17) is 26.2 Å². The smallest absolute Gasteiger partial charge is 0.335 e. The standard InChI is InChI=1S/C18H17ClO7/c19-11-5-1-9(2-6-11)10-3-7-12(8-4-10)25-18-15(22)13(20)14(21)16(26-18)17(23)24/h1-8,13-16,18,20-22H,(H,23,24)/t13-,14-,15+,16-,18+/m0/s1. The monoisotopic (exact) mass is 380 g/mol. The van der Waals surface area contributed by atoms with Gasteiger partial charge in [0.2, 0.25) is 6.29 Å². The molecular formula is C18H17ClO7. The Morgan fingerprint density at radius 2 is 1.42 bits per heavy atom. The molecule has 138 valence electrons. The SMILES string of the molecule is O=C(O)[C@H]1O[C@@H](Oc2ccc(-c3ccc(Cl)cc3)cc2)[C@H](O)[C@@H](O)[C@@H]1O. The van der Waals surface area contributed by atoms with Gasteiger partial charge in [0, 0.05) is 5.02 Å². The first-order valence-corrected chi connectivity index (χ1v) is 8.20. The summed E-state index contributed by atoms with van der Waals surface area (Å²) in [6.07, 6.45) is -8.20. The average Bonchev–Trinajstić information content (AvgIpc) is 2.63. The van der Waals surface area contributed by atoms with Crippen molar-refractivity contribution in [3.63, 3.8) is 0 Å². The van der Waals surface area contributed by atoms with Gasteiger partial charge in [-0.2, -0.15) is 0 Å². The molecule has 0 bridgehead atoms. The lowest BCUT2D eigenvalue weighted by Crippen LogP contribution is -2.61. The number of aliphatic hydroxyl groups is 3. The lowest BCUT2D eigenvalue weighted by molar-refractivity contribution is -0.271. The van der Waals surface area contributed by atoms with E-state index in [0.29, 0.717) is 10.8 Å². The van der Waals surface area contributed by atoms with Gasteiger partial charge in [-0.05, 0) is 35.4 Å². The molecule has 3 rings (SSSR count). The summed E-state index contributed by atoms with van der Waals surface area (Å²) >= 11 is 5.86. The number of carbonyl (C=O) groups is 1. The van der Waals surface area contributed by atoms with Crippen molar-refractivity contribution in [1.82, 2.24) is 0 Å². The van der Waals surface area contributed by atoms with E-state index in [9.17, 15) is 20.1 Å². The number of benzene rings is 2. The second kappa shape index (κ2) is 7.61. The molecule has 0 aromatic heterocycles. The van der Waals surface area contributed by atoms with Crippen LogP contribution >= 0.6 is 11.6 Å². The van der Waals surface area contributed by atoms with Crippen molar-refractivity contribution in [2.45, 2.75) is 30.7 Å². The van der Waals surface area contributed by atoms with Crippen LogP contribution < -0.4 is 4.74 Å². The number of ether oxygens (including phenoxy) is 2. The fourth-order valence-electron chi connectivity index (χ4n) is 2.65. The Morgan fingerprint density at radius 1 is 0.885 bits per heavy atom. The molecule has 0 aliphatic carbocycles. The van der Waals surface area contributed by atoms with Crippen LogP contribution in [0.4, 0.5) is 0 Å². The lowest BCUT2D eigenvalue weighted by Gasteiger charge is -2.38. The Kier molecular flexibility index (Phi) is 5.45. The quantitative estimate of drug-likeness (QED) is 0.631. The van der Waals surface area contributed by atoms with Crippen molar-refractivity contribution in [2.75, 3.05) is 0 Å². The molecule has 0 saturated carbocycles. The summed E-state index contributed by atoms with van der Waals surface area (Å²) in [5.41, 5.74) is 1.84. The Hall–Kier alpha value is -2.16. The second-order valence-corrected chi connectivity index (χ2v) is 6.32. The van der Waals surface area contributed by atoms with E-state index in [1.165, 1.54) is 0 Å². The number of halogens is 1. The molecule has 0 amide bonds. The highest BCUT2D eigenvalue weighted by Crippen LogP contribution is 2.27. The molecule has 1 fully saturated rings. The Bertz CT molecular complexity index is 762. The summed E-state index contributed by atoms with van der Waals surface area (Å²) < 4.78 is 10.5. The maximum Gasteiger partial charge on any atom is 0.335 e. The fraction of sp³-hybridized carbons (Fsp3) is 0.278. The largest absolute Gasteiger partial charge is 0.479 e. The van der Waals surface area contributed by atoms with Crippen LogP contribution in [0, 0.1) is 0 Å². The summed E-state index contributed by atoms with van der Waals surface area (Å²) in [7, 11) is 0. The summed E-state index contributed by atoms with van der Waals surface area (Å²) in [5, 5.41) is 39.1. The van der Waals surface area contributed by atoms with E-state index in [1.807, 2.05) is 12.1 Å². The summed E-state index contributed by atoms with van der Waals surface area (Å²) in [6.45, 7) is 0. The number of carboxylic acids is 1. The van der Waals surface area contributed by atoms with Crippen LogP contribution in [0.15, 0.2) is 48.5 Å². The van der Waals surface area contributed by atoms with Gasteiger partial charge in [-0.1, -0.05) is 35.9 Å². The predicted molar refractivity (Wildman–Crippen MR) is 91.8 cm³/mol. The zero-order valence-corrected chi connectivity index (χ0v) is 14.2. The third kappa shape index (κ3) is 3.82. The van der Waals surface area contributed by atoms with Crippen LogP contribution in [0.1, 0.15) is 0 Å². The molecular weight excluding hydrogens is 364 g/mol. The molecule has 1 aliphatic heterocycles. The minimum Gasteiger partial charge on any atom is -0.479 e. The van der Waals surface area contributed by atoms with Crippen molar-refractivity contribution in [2.24, 2.45) is 0 Å². The lowest BCUT2D eigenvalue weighted by atomic mass is 9.99. The van der Waals surface area contributed by atoms with Crippen LogP contribution in [-0.4, -0.2) is 57.1 Å². The van der Waals surface area contributed by atoms with Gasteiger partial charge in [-0.3, -0.25) is 0 Å². The van der Waals surface area contributed by atoms with E-state index in [0.717, 1.165) is 11.1 Å². The number of aliphatic carboxylic acids is 1. The molecule has 1 saturated heterocycles. The van der Waals surface area contributed by atoms with Crippen LogP contribution in [-0.2, 0) is 9.53 Å². The topological polar surface area (TPSA) is 116 Å². The maximum absolute atomic E-state index is 11.1. The van der Waals surface area contributed by atoms with Crippen LogP contribution in [0.2, 0.25) is 5.02 Å². The molecule has 5 atom stereocenters. The second-order valence-electron chi connectivity index (χ2n) is 5.88. The van der Waals surface area contributed by atoms with Crippen molar-refractivity contribution in [3.05, 3.63) is 53.6 Å². The minimum absolute atomic E-state index is 0.305. The third-order valence-electron chi connectivity index (χ3n) is 4.10. The first-order chi connectivity index (χ1) is 12.4. The third-order valence-corrected chi connectivity index (χ3v) is 4.35. The van der Waals surface area contributed by atoms with Gasteiger partial charge >= 0.3 is 5.97 Å². The van der Waals surface area contributed by atoms with E-state index >= 15 is 0 Å². The van der Waals surface area contributed by atoms with E-state index in [1.54, 1.807) is 36.4 Å². The van der Waals surface area contributed by atoms with Gasteiger partial charge in [-0.25, -0.2) is 4.79 Å². The molecule has 8 heteroatoms. The van der Waals surface area contributed by atoms with Crippen molar-refractivity contribution in [3.8, 4) is 16.9 Å². The van der Waals surface area contributed by atoms with E-state index in [-0.39, 0.29) is 0 Å². The van der Waals surface area contributed by atoms with Crippen LogP contribution in [0.25, 0.3) is 11.1 Å². The molecule has 26 heavy (non-hydrogen) atoms. The minimum atomic E-state index is -1.75. The predicted octanol–water partition coefficient (Wildman–Crippen LogP) is 1.28. The average molecular weight is 381 g/mol. The molecule has 1 heterocycles. The molecule has 0 radical (unpaired) electrons. The normalized spacial score (nSPS) is 28.5. The summed E-state index contributed by atoms with van der Waals surface area (Å²) in [6, 6.07) is 14.0. The molecule has 0 unspecified atom stereocenters. The van der Waals surface area contributed by atoms with E-state index < -0.39 is 36.7 Å². The van der Waals surface area contributed by atoms with Crippen molar-refractivity contribution < 1.29 is 34.7 Å². The number of rotatable bonds is 4. The van der Waals surface area contributed by atoms with Gasteiger partial charge < -0.3 is 29.9 Å². The van der Waals surface area contributed by atoms with Gasteiger partial charge in [-0.15, -0.1) is 0 Å². The van der Waals surface area contributed by atoms with Gasteiger partial charge in [0.1, 0.15) is 24.1 Å². The van der Waals surface area contributed by atoms with E-state index in [2.05, 4.69) is 0 Å². The molecule has 2 aromatic rings. The number of hydrogen-bond donors (Lipinski definition) is 4. The molecule has 4 N–H and O–H groups in total. The van der Waals surface area contributed by atoms with Crippen LogP contribution in [0.3, 0.4) is 0 Å². The number of carboxylic acid groups (broad SMARTS) is 1. The molecule has 2 aromatic carbocycles. The number of aliphatic hydroxyl groups excluding tert-OH is 3. The Balaban J connectivity index is 1.73. The fourth-order valence-corrected chi connectivity index (χ4v) is 2.78. The zero-order valence-electron chi connectivity index (χ0n) is 13.4. The molecule has 0 spiro atoms. The van der Waals surface area contributed by atoms with Gasteiger partial charge in [0.25, 0.3) is 0 Å². The van der Waals surface area contributed by atoms with Crippen LogP contribution in [0.5, 0.6) is 5.75 Å². The van der Waals surface area contributed by atoms with Gasteiger partial charge in [0.05, 0.1) is 0 Å². The highest BCUT2D eigenvalue weighted by atomic mass is 35.5. The zero-order chi connectivity index (χ0) is 18.8.